The summed E-state index contributed by atoms with van der Waals surface area (Å²) in [5.41, 5.74) is 2.97. The van der Waals surface area contributed by atoms with Crippen molar-refractivity contribution in [2.45, 2.75) is 50.2 Å². The third-order valence-electron chi connectivity index (χ3n) is 6.14. The standard InChI is InChI=1S/C24H26ClN3O4/c1-15(23(30)31)26-14-20(29)16-2-4-17(5-3-16)22-27-21(32-28-22)10-11-24(12-13-24)18-6-8-19(25)9-7-18/h2-9,15,20,26,29H,10-14H2,1H3,(H,30,31)/t15-,20?/m1/s1. The lowest BCUT2D eigenvalue weighted by molar-refractivity contribution is -0.139. The van der Waals surface area contributed by atoms with E-state index in [0.29, 0.717) is 23.7 Å². The second-order valence-corrected chi connectivity index (χ2v) is 8.84. The molecule has 0 bridgehead atoms. The van der Waals surface area contributed by atoms with Crippen LogP contribution in [0.1, 0.15) is 49.3 Å². The molecule has 32 heavy (non-hydrogen) atoms. The molecule has 1 heterocycles. The van der Waals surface area contributed by atoms with Crippen LogP contribution in [0.4, 0.5) is 0 Å². The molecule has 4 rings (SSSR count). The van der Waals surface area contributed by atoms with E-state index in [9.17, 15) is 9.90 Å². The average Bonchev–Trinajstić information content (AvgIpc) is 3.44. The fraction of sp³-hybridized carbons (Fsp3) is 0.375. The van der Waals surface area contributed by atoms with Crippen LogP contribution >= 0.6 is 11.6 Å². The molecule has 0 saturated heterocycles. The molecule has 2 aromatic carbocycles. The van der Waals surface area contributed by atoms with Gasteiger partial charge in [-0.25, -0.2) is 0 Å². The maximum Gasteiger partial charge on any atom is 0.320 e. The number of aromatic nitrogens is 2. The number of carbonyl (C=O) groups is 1. The summed E-state index contributed by atoms with van der Waals surface area (Å²) in [6.07, 6.45) is 3.15. The maximum absolute atomic E-state index is 10.9. The van der Waals surface area contributed by atoms with Crippen LogP contribution in [0.5, 0.6) is 0 Å². The minimum Gasteiger partial charge on any atom is -0.480 e. The van der Waals surface area contributed by atoms with Crippen molar-refractivity contribution in [3.8, 4) is 11.4 Å². The van der Waals surface area contributed by atoms with Crippen LogP contribution in [0.25, 0.3) is 11.4 Å². The lowest BCUT2D eigenvalue weighted by Gasteiger charge is -2.14. The van der Waals surface area contributed by atoms with Crippen LogP contribution in [0.15, 0.2) is 53.1 Å². The molecule has 2 atom stereocenters. The molecule has 1 fully saturated rings. The van der Waals surface area contributed by atoms with Crippen molar-refractivity contribution in [3.05, 3.63) is 70.6 Å². The summed E-state index contributed by atoms with van der Waals surface area (Å²) in [7, 11) is 0. The zero-order chi connectivity index (χ0) is 22.7. The molecule has 7 nitrogen and oxygen atoms in total. The molecule has 0 aliphatic heterocycles. The zero-order valence-electron chi connectivity index (χ0n) is 17.8. The van der Waals surface area contributed by atoms with E-state index in [1.54, 1.807) is 12.1 Å². The molecule has 3 aromatic rings. The number of hydrogen-bond acceptors (Lipinski definition) is 6. The lowest BCUT2D eigenvalue weighted by Crippen LogP contribution is -2.36. The smallest absolute Gasteiger partial charge is 0.320 e. The van der Waals surface area contributed by atoms with Gasteiger partial charge in [-0.05, 0) is 54.9 Å². The van der Waals surface area contributed by atoms with Crippen LogP contribution in [0.2, 0.25) is 5.02 Å². The summed E-state index contributed by atoms with van der Waals surface area (Å²) < 4.78 is 5.47. The molecule has 8 heteroatoms. The number of halogens is 1. The molecule has 3 N–H and O–H groups in total. The normalized spacial score (nSPS) is 16.5. The second kappa shape index (κ2) is 9.40. The first-order valence-electron chi connectivity index (χ1n) is 10.7. The van der Waals surface area contributed by atoms with Gasteiger partial charge in [0, 0.05) is 23.6 Å². The van der Waals surface area contributed by atoms with Gasteiger partial charge < -0.3 is 20.1 Å². The predicted molar refractivity (Wildman–Crippen MR) is 120 cm³/mol. The van der Waals surface area contributed by atoms with Crippen molar-refractivity contribution in [3.63, 3.8) is 0 Å². The quantitative estimate of drug-likeness (QED) is 0.421. The minimum atomic E-state index is -0.957. The number of nitrogens with zero attached hydrogens (tertiary/aromatic N) is 2. The predicted octanol–water partition coefficient (Wildman–Crippen LogP) is 4.15. The monoisotopic (exact) mass is 455 g/mol. The van der Waals surface area contributed by atoms with E-state index in [1.165, 1.54) is 12.5 Å². The van der Waals surface area contributed by atoms with E-state index in [2.05, 4.69) is 27.6 Å². The highest BCUT2D eigenvalue weighted by atomic mass is 35.5. The van der Waals surface area contributed by atoms with Crippen molar-refractivity contribution < 1.29 is 19.5 Å². The molecular weight excluding hydrogens is 430 g/mol. The third-order valence-corrected chi connectivity index (χ3v) is 6.39. The molecule has 168 valence electrons. The highest BCUT2D eigenvalue weighted by molar-refractivity contribution is 6.30. The average molecular weight is 456 g/mol. The zero-order valence-corrected chi connectivity index (χ0v) is 18.5. The summed E-state index contributed by atoms with van der Waals surface area (Å²) in [5, 5.41) is 26.8. The number of hydrogen-bond donors (Lipinski definition) is 3. The molecule has 0 amide bonds. The first kappa shape index (κ1) is 22.5. The number of aliphatic carboxylic acids is 1. The Hall–Kier alpha value is -2.74. The van der Waals surface area contributed by atoms with E-state index in [4.69, 9.17) is 21.2 Å². The fourth-order valence-corrected chi connectivity index (χ4v) is 3.93. The van der Waals surface area contributed by atoms with Crippen molar-refractivity contribution in [1.29, 1.82) is 0 Å². The second-order valence-electron chi connectivity index (χ2n) is 8.40. The lowest BCUT2D eigenvalue weighted by atomic mass is 9.91. The summed E-state index contributed by atoms with van der Waals surface area (Å²) in [6.45, 7) is 1.68. The topological polar surface area (TPSA) is 108 Å². The van der Waals surface area contributed by atoms with E-state index in [-0.39, 0.29) is 12.0 Å². The number of carboxylic acid groups (broad SMARTS) is 1. The highest BCUT2D eigenvalue weighted by Crippen LogP contribution is 2.51. The first-order valence-corrected chi connectivity index (χ1v) is 11.1. The van der Waals surface area contributed by atoms with Crippen molar-refractivity contribution in [2.75, 3.05) is 6.54 Å². The Balaban J connectivity index is 1.34. The van der Waals surface area contributed by atoms with Gasteiger partial charge in [-0.1, -0.05) is 53.2 Å². The van der Waals surface area contributed by atoms with Gasteiger partial charge >= 0.3 is 5.97 Å². The van der Waals surface area contributed by atoms with Crippen LogP contribution in [-0.4, -0.2) is 38.9 Å². The van der Waals surface area contributed by atoms with Crippen LogP contribution in [0.3, 0.4) is 0 Å². The SMILES string of the molecule is C[C@@H](NCC(O)c1ccc(-c2noc(CCC3(c4ccc(Cl)cc4)CC3)n2)cc1)C(=O)O. The Kier molecular flexibility index (Phi) is 6.60. The van der Waals surface area contributed by atoms with Gasteiger partial charge in [-0.3, -0.25) is 4.79 Å². The van der Waals surface area contributed by atoms with Gasteiger partial charge in [0.1, 0.15) is 6.04 Å². The fourth-order valence-electron chi connectivity index (χ4n) is 3.81. The largest absolute Gasteiger partial charge is 0.480 e. The minimum absolute atomic E-state index is 0.147. The van der Waals surface area contributed by atoms with Gasteiger partial charge in [-0.2, -0.15) is 4.98 Å². The summed E-state index contributed by atoms with van der Waals surface area (Å²) in [6, 6.07) is 14.6. The Bertz CT molecular complexity index is 1060. The number of aliphatic hydroxyl groups excluding tert-OH is 1. The Morgan fingerprint density at radius 3 is 2.50 bits per heavy atom. The Morgan fingerprint density at radius 2 is 1.88 bits per heavy atom. The van der Waals surface area contributed by atoms with Crippen molar-refractivity contribution >= 4 is 17.6 Å². The maximum atomic E-state index is 10.9. The molecular formula is C24H26ClN3O4. The van der Waals surface area contributed by atoms with Gasteiger partial charge in [0.05, 0.1) is 6.10 Å². The van der Waals surface area contributed by atoms with Crippen LogP contribution in [-0.2, 0) is 16.6 Å². The van der Waals surface area contributed by atoms with Gasteiger partial charge in [0.25, 0.3) is 0 Å². The molecule has 1 unspecified atom stereocenters. The number of carboxylic acids is 1. The Labute approximate surface area is 191 Å². The highest BCUT2D eigenvalue weighted by Gasteiger charge is 2.43. The third kappa shape index (κ3) is 5.18. The summed E-state index contributed by atoms with van der Waals surface area (Å²) in [4.78, 5) is 15.4. The molecule has 1 aliphatic carbocycles. The van der Waals surface area contributed by atoms with Crippen LogP contribution < -0.4 is 5.32 Å². The number of aliphatic hydroxyl groups is 1. The molecule has 1 aromatic heterocycles. The summed E-state index contributed by atoms with van der Waals surface area (Å²) >= 11 is 6.01. The molecule has 1 saturated carbocycles. The number of rotatable bonds is 10. The number of aryl methyl sites for hydroxylation is 1. The van der Waals surface area contributed by atoms with Gasteiger partial charge in [0.2, 0.25) is 11.7 Å². The van der Waals surface area contributed by atoms with E-state index < -0.39 is 18.1 Å². The van der Waals surface area contributed by atoms with E-state index >= 15 is 0 Å². The van der Waals surface area contributed by atoms with Crippen LogP contribution in [0, 0.1) is 0 Å². The molecule has 1 aliphatic rings. The number of nitrogens with one attached hydrogen (secondary N) is 1. The van der Waals surface area contributed by atoms with Crippen molar-refractivity contribution in [2.24, 2.45) is 0 Å². The Morgan fingerprint density at radius 1 is 1.19 bits per heavy atom. The first-order chi connectivity index (χ1) is 15.4. The molecule has 0 radical (unpaired) electrons. The molecule has 0 spiro atoms. The van der Waals surface area contributed by atoms with E-state index in [1.807, 2.05) is 24.3 Å². The van der Waals surface area contributed by atoms with E-state index in [0.717, 1.165) is 29.8 Å². The van der Waals surface area contributed by atoms with Gasteiger partial charge in [-0.15, -0.1) is 0 Å². The number of benzene rings is 2. The summed E-state index contributed by atoms with van der Waals surface area (Å²) in [5.74, 6) is 0.160. The van der Waals surface area contributed by atoms with Gasteiger partial charge in [0.15, 0.2) is 0 Å². The van der Waals surface area contributed by atoms with Crippen molar-refractivity contribution in [1.82, 2.24) is 15.5 Å².